The molecule has 0 atom stereocenters. The summed E-state index contributed by atoms with van der Waals surface area (Å²) in [5.41, 5.74) is 5.54. The smallest absolute Gasteiger partial charge is 0.255 e. The first-order valence-electron chi connectivity index (χ1n) is 8.32. The molecule has 7 heteroatoms. The van der Waals surface area contributed by atoms with Crippen LogP contribution >= 0.6 is 0 Å². The van der Waals surface area contributed by atoms with E-state index in [9.17, 15) is 19.8 Å². The van der Waals surface area contributed by atoms with E-state index in [0.717, 1.165) is 0 Å². The fourth-order valence-corrected chi connectivity index (χ4v) is 2.93. The van der Waals surface area contributed by atoms with Gasteiger partial charge >= 0.3 is 0 Å². The van der Waals surface area contributed by atoms with Gasteiger partial charge in [-0.3, -0.25) is 9.59 Å². The zero-order valence-corrected chi connectivity index (χ0v) is 14.9. The fraction of sp³-hybridized carbons (Fsp3) is 0.200. The predicted molar refractivity (Wildman–Crippen MR) is 100 cm³/mol. The second kappa shape index (κ2) is 7.03. The standard InChI is InChI=1S/C20H19NO6/c1-10(2)17-13(22)7-11(8-14(17)23)19-20(26-9-16(21)24)18(25)12-5-3-4-6-15(12)27-19/h3-8,10,22-23H,9H2,1-2H3,(H2,21,24). The van der Waals surface area contributed by atoms with Crippen molar-refractivity contribution in [2.75, 3.05) is 6.61 Å². The van der Waals surface area contributed by atoms with Crippen LogP contribution in [0.2, 0.25) is 0 Å². The number of ether oxygens (including phenoxy) is 1. The van der Waals surface area contributed by atoms with Crippen LogP contribution in [-0.4, -0.2) is 22.7 Å². The highest BCUT2D eigenvalue weighted by atomic mass is 16.5. The molecule has 0 saturated heterocycles. The summed E-state index contributed by atoms with van der Waals surface area (Å²) in [6.07, 6.45) is 0. The number of amides is 1. The Labute approximate surface area is 154 Å². The second-order valence-electron chi connectivity index (χ2n) is 6.42. The van der Waals surface area contributed by atoms with E-state index in [1.54, 1.807) is 24.3 Å². The minimum Gasteiger partial charge on any atom is -0.507 e. The molecule has 0 fully saturated rings. The lowest BCUT2D eigenvalue weighted by Crippen LogP contribution is -2.22. The summed E-state index contributed by atoms with van der Waals surface area (Å²) in [6, 6.07) is 9.30. The fourth-order valence-electron chi connectivity index (χ4n) is 2.93. The lowest BCUT2D eigenvalue weighted by molar-refractivity contribution is -0.119. The normalized spacial score (nSPS) is 11.1. The number of carbonyl (C=O) groups is 1. The minimum absolute atomic E-state index is 0.0131. The van der Waals surface area contributed by atoms with Gasteiger partial charge in [-0.25, -0.2) is 0 Å². The summed E-state index contributed by atoms with van der Waals surface area (Å²) in [6.45, 7) is 3.14. The average molecular weight is 369 g/mol. The van der Waals surface area contributed by atoms with Crippen molar-refractivity contribution in [3.63, 3.8) is 0 Å². The topological polar surface area (TPSA) is 123 Å². The van der Waals surface area contributed by atoms with Crippen molar-refractivity contribution < 1.29 is 24.2 Å². The Balaban J connectivity index is 2.28. The molecule has 0 aliphatic rings. The molecule has 4 N–H and O–H groups in total. The average Bonchev–Trinajstić information content (AvgIpc) is 2.59. The molecule has 0 aliphatic heterocycles. The number of para-hydroxylation sites is 1. The van der Waals surface area contributed by atoms with Gasteiger partial charge in [0.1, 0.15) is 17.1 Å². The van der Waals surface area contributed by atoms with Gasteiger partial charge in [-0.15, -0.1) is 0 Å². The molecule has 0 unspecified atom stereocenters. The summed E-state index contributed by atoms with van der Waals surface area (Å²) in [5, 5.41) is 20.9. The first-order valence-corrected chi connectivity index (χ1v) is 8.32. The van der Waals surface area contributed by atoms with E-state index in [1.165, 1.54) is 12.1 Å². The maximum Gasteiger partial charge on any atom is 0.255 e. The summed E-state index contributed by atoms with van der Waals surface area (Å²) in [4.78, 5) is 23.9. The molecular formula is C20H19NO6. The Hall–Kier alpha value is -3.48. The lowest BCUT2D eigenvalue weighted by Gasteiger charge is -2.14. The summed E-state index contributed by atoms with van der Waals surface area (Å²) < 4.78 is 11.1. The Morgan fingerprint density at radius 1 is 1.19 bits per heavy atom. The Bertz CT molecular complexity index is 1060. The van der Waals surface area contributed by atoms with E-state index < -0.39 is 17.9 Å². The number of carbonyl (C=O) groups excluding carboxylic acids is 1. The van der Waals surface area contributed by atoms with Crippen LogP contribution < -0.4 is 15.9 Å². The molecule has 1 amide bonds. The number of fused-ring (bicyclic) bond motifs is 1. The van der Waals surface area contributed by atoms with Crippen molar-refractivity contribution in [3.8, 4) is 28.6 Å². The van der Waals surface area contributed by atoms with Crippen LogP contribution in [0.1, 0.15) is 25.3 Å². The number of primary amides is 1. The SMILES string of the molecule is CC(C)c1c(O)cc(-c2oc3ccccc3c(=O)c2OCC(N)=O)cc1O. The third kappa shape index (κ3) is 3.44. The van der Waals surface area contributed by atoms with E-state index in [4.69, 9.17) is 14.9 Å². The van der Waals surface area contributed by atoms with Crippen molar-refractivity contribution in [1.29, 1.82) is 0 Å². The van der Waals surface area contributed by atoms with E-state index in [2.05, 4.69) is 0 Å². The van der Waals surface area contributed by atoms with Gasteiger partial charge < -0.3 is 25.1 Å². The third-order valence-corrected chi connectivity index (χ3v) is 4.09. The minimum atomic E-state index is -0.755. The molecule has 1 aromatic heterocycles. The number of hydrogen-bond donors (Lipinski definition) is 3. The number of phenols is 2. The van der Waals surface area contributed by atoms with Crippen LogP contribution in [0.3, 0.4) is 0 Å². The Morgan fingerprint density at radius 2 is 1.81 bits per heavy atom. The molecule has 3 aromatic rings. The number of phenolic OH excluding ortho intramolecular Hbond substituents is 2. The van der Waals surface area contributed by atoms with Gasteiger partial charge in [0, 0.05) is 11.1 Å². The van der Waals surface area contributed by atoms with Gasteiger partial charge in [-0.1, -0.05) is 26.0 Å². The number of nitrogens with two attached hydrogens (primary N) is 1. The monoisotopic (exact) mass is 369 g/mol. The quantitative estimate of drug-likeness (QED) is 0.635. The largest absolute Gasteiger partial charge is 0.507 e. The van der Waals surface area contributed by atoms with Gasteiger partial charge in [0.05, 0.1) is 5.39 Å². The van der Waals surface area contributed by atoms with E-state index in [0.29, 0.717) is 11.1 Å². The first-order chi connectivity index (χ1) is 12.8. The highest BCUT2D eigenvalue weighted by molar-refractivity contribution is 5.83. The van der Waals surface area contributed by atoms with Crippen molar-refractivity contribution in [2.45, 2.75) is 19.8 Å². The number of rotatable bonds is 5. The molecule has 0 saturated carbocycles. The lowest BCUT2D eigenvalue weighted by atomic mass is 9.97. The van der Waals surface area contributed by atoms with Crippen molar-refractivity contribution in [2.24, 2.45) is 5.73 Å². The highest BCUT2D eigenvalue weighted by Gasteiger charge is 2.21. The predicted octanol–water partition coefficient (Wildman–Crippen LogP) is 2.86. The molecule has 2 aromatic carbocycles. The van der Waals surface area contributed by atoms with Crippen LogP contribution in [0.4, 0.5) is 0 Å². The molecule has 0 aliphatic carbocycles. The van der Waals surface area contributed by atoms with Crippen LogP contribution in [0, 0.1) is 0 Å². The van der Waals surface area contributed by atoms with Crippen LogP contribution in [-0.2, 0) is 4.79 Å². The van der Waals surface area contributed by atoms with Crippen molar-refractivity contribution in [3.05, 3.63) is 52.2 Å². The molecule has 0 spiro atoms. The van der Waals surface area contributed by atoms with Gasteiger partial charge in [0.2, 0.25) is 11.2 Å². The summed E-state index contributed by atoms with van der Waals surface area (Å²) >= 11 is 0. The summed E-state index contributed by atoms with van der Waals surface area (Å²) in [5.74, 6) is -1.39. The highest BCUT2D eigenvalue weighted by Crippen LogP contribution is 2.40. The van der Waals surface area contributed by atoms with Gasteiger partial charge in [-0.2, -0.15) is 0 Å². The molecule has 27 heavy (non-hydrogen) atoms. The number of hydrogen-bond acceptors (Lipinski definition) is 6. The van der Waals surface area contributed by atoms with Crippen LogP contribution in [0.15, 0.2) is 45.6 Å². The van der Waals surface area contributed by atoms with Crippen LogP contribution in [0.25, 0.3) is 22.3 Å². The van der Waals surface area contributed by atoms with Crippen molar-refractivity contribution in [1.82, 2.24) is 0 Å². The van der Waals surface area contributed by atoms with E-state index in [1.807, 2.05) is 13.8 Å². The zero-order valence-electron chi connectivity index (χ0n) is 14.9. The molecule has 7 nitrogen and oxygen atoms in total. The van der Waals surface area contributed by atoms with E-state index in [-0.39, 0.29) is 39.9 Å². The van der Waals surface area contributed by atoms with Crippen molar-refractivity contribution >= 4 is 16.9 Å². The number of benzene rings is 2. The summed E-state index contributed by atoms with van der Waals surface area (Å²) in [7, 11) is 0. The van der Waals surface area contributed by atoms with Gasteiger partial charge in [0.15, 0.2) is 12.4 Å². The molecule has 140 valence electrons. The maximum atomic E-state index is 12.8. The maximum absolute atomic E-state index is 12.8. The number of aromatic hydroxyl groups is 2. The van der Waals surface area contributed by atoms with Gasteiger partial charge in [0.25, 0.3) is 5.91 Å². The molecule has 0 radical (unpaired) electrons. The second-order valence-corrected chi connectivity index (χ2v) is 6.42. The molecule has 0 bridgehead atoms. The Morgan fingerprint density at radius 3 is 2.41 bits per heavy atom. The van der Waals surface area contributed by atoms with Crippen LogP contribution in [0.5, 0.6) is 17.2 Å². The van der Waals surface area contributed by atoms with Gasteiger partial charge in [-0.05, 0) is 30.2 Å². The third-order valence-electron chi connectivity index (χ3n) is 4.09. The Kier molecular flexibility index (Phi) is 4.77. The molecule has 3 rings (SSSR count). The first kappa shape index (κ1) is 18.3. The zero-order chi connectivity index (χ0) is 19.7. The molecular weight excluding hydrogens is 350 g/mol. The van der Waals surface area contributed by atoms with E-state index >= 15 is 0 Å². The molecule has 1 heterocycles.